The molecule has 1 aromatic heterocycles. The minimum Gasteiger partial charge on any atom is -0.478 e. The van der Waals surface area contributed by atoms with Crippen LogP contribution in [0.4, 0.5) is 14.5 Å². The van der Waals surface area contributed by atoms with E-state index in [2.05, 4.69) is 20.0 Å². The third kappa shape index (κ3) is 2.84. The predicted octanol–water partition coefficient (Wildman–Crippen LogP) is 1.70. The fourth-order valence-electron chi connectivity index (χ4n) is 1.46. The lowest BCUT2D eigenvalue weighted by atomic mass is 10.2. The number of aromatic nitrogens is 2. The van der Waals surface area contributed by atoms with Gasteiger partial charge in [-0.25, -0.2) is 13.6 Å². The van der Waals surface area contributed by atoms with E-state index in [9.17, 15) is 13.6 Å². The third-order valence-electron chi connectivity index (χ3n) is 2.38. The highest BCUT2D eigenvalue weighted by Gasteiger charge is 2.17. The first-order valence-corrected chi connectivity index (χ1v) is 5.30. The number of hydrogen-bond acceptors (Lipinski definition) is 5. The average molecular weight is 269 g/mol. The van der Waals surface area contributed by atoms with Gasteiger partial charge in [0.25, 0.3) is 0 Å². The average Bonchev–Trinajstić information content (AvgIpc) is 2.87. The van der Waals surface area contributed by atoms with Gasteiger partial charge >= 0.3 is 5.97 Å². The summed E-state index contributed by atoms with van der Waals surface area (Å²) in [6, 6.07) is 2.16. The number of nitrogens with zero attached hydrogens (tertiary/aromatic N) is 2. The normalized spacial score (nSPS) is 10.4. The van der Waals surface area contributed by atoms with Gasteiger partial charge < -0.3 is 14.9 Å². The summed E-state index contributed by atoms with van der Waals surface area (Å²) in [5, 5.41) is 14.8. The second-order valence-electron chi connectivity index (χ2n) is 3.62. The zero-order chi connectivity index (χ0) is 13.8. The number of rotatable bonds is 5. The van der Waals surface area contributed by atoms with Crippen molar-refractivity contribution in [1.29, 1.82) is 0 Å². The highest BCUT2D eigenvalue weighted by Crippen LogP contribution is 2.20. The molecule has 0 aliphatic heterocycles. The van der Waals surface area contributed by atoms with Crippen LogP contribution in [0.3, 0.4) is 0 Å². The molecule has 0 aliphatic rings. The second kappa shape index (κ2) is 5.42. The van der Waals surface area contributed by atoms with E-state index in [0.717, 1.165) is 18.5 Å². The van der Waals surface area contributed by atoms with Gasteiger partial charge in [-0.2, -0.15) is 4.98 Å². The molecule has 0 fully saturated rings. The Bertz CT molecular complexity index is 587. The Hall–Kier alpha value is -2.51. The minimum atomic E-state index is -1.52. The monoisotopic (exact) mass is 269 g/mol. The van der Waals surface area contributed by atoms with Crippen LogP contribution in [0.1, 0.15) is 16.2 Å². The molecule has 1 heterocycles. The lowest BCUT2D eigenvalue weighted by molar-refractivity contribution is 0.0690. The maximum atomic E-state index is 13.5. The summed E-state index contributed by atoms with van der Waals surface area (Å²) in [6.07, 6.45) is 1.52. The van der Waals surface area contributed by atoms with Crippen molar-refractivity contribution in [2.75, 3.05) is 11.9 Å². The number of aromatic carboxylic acids is 1. The molecule has 19 heavy (non-hydrogen) atoms. The Morgan fingerprint density at radius 1 is 1.37 bits per heavy atom. The van der Waals surface area contributed by atoms with Crippen LogP contribution >= 0.6 is 0 Å². The first-order chi connectivity index (χ1) is 9.09. The van der Waals surface area contributed by atoms with Gasteiger partial charge in [0.15, 0.2) is 17.5 Å². The van der Waals surface area contributed by atoms with Crippen LogP contribution in [0.2, 0.25) is 0 Å². The standard InChI is InChI=1S/C11H9F2N3O3/c12-9-6(11(17)18)1-2-7(10(9)13)14-4-3-8-15-5-19-16-8/h1-2,5,14H,3-4H2,(H,17,18). The van der Waals surface area contributed by atoms with Gasteiger partial charge in [0.05, 0.1) is 11.3 Å². The van der Waals surface area contributed by atoms with Crippen LogP contribution in [0.5, 0.6) is 0 Å². The topological polar surface area (TPSA) is 88.2 Å². The van der Waals surface area contributed by atoms with Crippen molar-refractivity contribution >= 4 is 11.7 Å². The molecule has 0 unspecified atom stereocenters. The quantitative estimate of drug-likeness (QED) is 0.858. The van der Waals surface area contributed by atoms with Crippen LogP contribution in [0.15, 0.2) is 23.0 Å². The Balaban J connectivity index is 2.05. The smallest absolute Gasteiger partial charge is 0.338 e. The summed E-state index contributed by atoms with van der Waals surface area (Å²) in [5.74, 6) is -3.71. The number of benzene rings is 1. The van der Waals surface area contributed by atoms with Crippen molar-refractivity contribution in [3.05, 3.63) is 41.5 Å². The van der Waals surface area contributed by atoms with Crippen LogP contribution in [-0.4, -0.2) is 27.8 Å². The van der Waals surface area contributed by atoms with E-state index < -0.39 is 23.2 Å². The van der Waals surface area contributed by atoms with Crippen molar-refractivity contribution in [3.63, 3.8) is 0 Å². The summed E-state index contributed by atoms with van der Waals surface area (Å²) >= 11 is 0. The molecule has 0 spiro atoms. The van der Waals surface area contributed by atoms with Crippen molar-refractivity contribution < 1.29 is 23.2 Å². The number of anilines is 1. The number of nitrogens with one attached hydrogen (secondary N) is 1. The van der Waals surface area contributed by atoms with E-state index in [-0.39, 0.29) is 12.2 Å². The largest absolute Gasteiger partial charge is 0.478 e. The highest BCUT2D eigenvalue weighted by atomic mass is 19.2. The third-order valence-corrected chi connectivity index (χ3v) is 2.38. The summed E-state index contributed by atoms with van der Waals surface area (Å²) in [7, 11) is 0. The number of carboxylic acid groups (broad SMARTS) is 1. The molecule has 1 aromatic carbocycles. The molecule has 0 saturated carbocycles. The molecule has 0 radical (unpaired) electrons. The van der Waals surface area contributed by atoms with E-state index >= 15 is 0 Å². The van der Waals surface area contributed by atoms with Gasteiger partial charge in [-0.3, -0.25) is 0 Å². The van der Waals surface area contributed by atoms with Gasteiger partial charge in [0.1, 0.15) is 0 Å². The minimum absolute atomic E-state index is 0.119. The highest BCUT2D eigenvalue weighted by molar-refractivity contribution is 5.88. The molecule has 0 aliphatic carbocycles. The Morgan fingerprint density at radius 3 is 2.79 bits per heavy atom. The molecule has 0 amide bonds. The van der Waals surface area contributed by atoms with E-state index in [1.54, 1.807) is 0 Å². The molecule has 100 valence electrons. The van der Waals surface area contributed by atoms with E-state index in [1.807, 2.05) is 0 Å². The summed E-state index contributed by atoms with van der Waals surface area (Å²) in [4.78, 5) is 14.4. The Kier molecular flexibility index (Phi) is 3.69. The van der Waals surface area contributed by atoms with E-state index in [4.69, 9.17) is 5.11 Å². The molecule has 8 heteroatoms. The van der Waals surface area contributed by atoms with Crippen molar-refractivity contribution in [3.8, 4) is 0 Å². The fourth-order valence-corrected chi connectivity index (χ4v) is 1.46. The summed E-state index contributed by atoms with van der Waals surface area (Å²) < 4.78 is 31.4. The van der Waals surface area contributed by atoms with Gasteiger partial charge in [-0.1, -0.05) is 5.16 Å². The molecule has 6 nitrogen and oxygen atoms in total. The fraction of sp³-hybridized carbons (Fsp3) is 0.182. The van der Waals surface area contributed by atoms with Crippen LogP contribution < -0.4 is 5.32 Å². The molecule has 0 bridgehead atoms. The Morgan fingerprint density at radius 2 is 2.16 bits per heavy atom. The van der Waals surface area contributed by atoms with Crippen molar-refractivity contribution in [1.82, 2.24) is 10.1 Å². The number of hydrogen-bond donors (Lipinski definition) is 2. The Labute approximate surface area is 106 Å². The predicted molar refractivity (Wildman–Crippen MR) is 59.8 cm³/mol. The maximum Gasteiger partial charge on any atom is 0.338 e. The summed E-state index contributed by atoms with van der Waals surface area (Å²) in [5.41, 5.74) is -0.827. The van der Waals surface area contributed by atoms with Crippen LogP contribution in [0.25, 0.3) is 0 Å². The molecule has 2 N–H and O–H groups in total. The van der Waals surface area contributed by atoms with Crippen molar-refractivity contribution in [2.24, 2.45) is 0 Å². The zero-order valence-electron chi connectivity index (χ0n) is 9.56. The van der Waals surface area contributed by atoms with E-state index in [1.165, 1.54) is 0 Å². The SMILES string of the molecule is O=C(O)c1ccc(NCCc2ncon2)c(F)c1F. The lowest BCUT2D eigenvalue weighted by Gasteiger charge is -2.08. The van der Waals surface area contributed by atoms with Crippen LogP contribution in [0, 0.1) is 11.6 Å². The van der Waals surface area contributed by atoms with E-state index in [0.29, 0.717) is 12.2 Å². The number of carboxylic acids is 1. The van der Waals surface area contributed by atoms with Gasteiger partial charge in [-0.15, -0.1) is 0 Å². The molecular formula is C11H9F2N3O3. The molecular weight excluding hydrogens is 260 g/mol. The molecule has 2 aromatic rings. The van der Waals surface area contributed by atoms with Crippen LogP contribution in [-0.2, 0) is 6.42 Å². The first kappa shape index (κ1) is 12.9. The van der Waals surface area contributed by atoms with Crippen molar-refractivity contribution in [2.45, 2.75) is 6.42 Å². The first-order valence-electron chi connectivity index (χ1n) is 5.30. The van der Waals surface area contributed by atoms with Gasteiger partial charge in [-0.05, 0) is 12.1 Å². The summed E-state index contributed by atoms with van der Waals surface area (Å²) in [6.45, 7) is 0.252. The second-order valence-corrected chi connectivity index (χ2v) is 3.62. The number of halogens is 2. The molecule has 0 saturated heterocycles. The lowest BCUT2D eigenvalue weighted by Crippen LogP contribution is -2.10. The van der Waals surface area contributed by atoms with Gasteiger partial charge in [0.2, 0.25) is 6.39 Å². The molecule has 2 rings (SSSR count). The molecule has 0 atom stereocenters. The van der Waals surface area contributed by atoms with Gasteiger partial charge in [0, 0.05) is 13.0 Å². The zero-order valence-corrected chi connectivity index (χ0v) is 9.56. The maximum absolute atomic E-state index is 13.5. The number of carbonyl (C=O) groups is 1.